The van der Waals surface area contributed by atoms with Crippen LogP contribution in [0.3, 0.4) is 0 Å². The molecule has 5 nitrogen and oxygen atoms in total. The van der Waals surface area contributed by atoms with E-state index in [4.69, 9.17) is 9.84 Å². The van der Waals surface area contributed by atoms with E-state index >= 15 is 0 Å². The summed E-state index contributed by atoms with van der Waals surface area (Å²) < 4.78 is 8.36. The van der Waals surface area contributed by atoms with E-state index in [9.17, 15) is 4.79 Å². The SMILES string of the molecule is COc1ccc(Cn2ccn(C)c2=O)cc1C#CCO. The molecule has 1 aromatic heterocycles. The Bertz CT molecular complexity index is 717. The maximum atomic E-state index is 11.8. The molecule has 0 bridgehead atoms. The maximum Gasteiger partial charge on any atom is 0.328 e. The van der Waals surface area contributed by atoms with E-state index in [0.29, 0.717) is 17.9 Å². The first-order valence-corrected chi connectivity index (χ1v) is 6.14. The number of aryl methyl sites for hydroxylation is 1. The molecule has 1 aromatic carbocycles. The van der Waals surface area contributed by atoms with E-state index < -0.39 is 0 Å². The van der Waals surface area contributed by atoms with Crippen molar-refractivity contribution in [3.05, 3.63) is 52.2 Å². The van der Waals surface area contributed by atoms with E-state index in [0.717, 1.165) is 5.56 Å². The van der Waals surface area contributed by atoms with Crippen molar-refractivity contribution >= 4 is 0 Å². The minimum atomic E-state index is -0.203. The fraction of sp³-hybridized carbons (Fsp3) is 0.267. The standard InChI is InChI=1S/C15H16N2O3/c1-16-7-8-17(15(16)19)11-12-5-6-14(20-2)13(10-12)4-3-9-18/h5-8,10,18H,9,11H2,1-2H3. The molecule has 20 heavy (non-hydrogen) atoms. The molecule has 0 radical (unpaired) electrons. The molecule has 0 atom stereocenters. The average Bonchev–Trinajstić information content (AvgIpc) is 2.77. The van der Waals surface area contributed by atoms with Crippen LogP contribution < -0.4 is 10.4 Å². The van der Waals surface area contributed by atoms with Crippen LogP contribution >= 0.6 is 0 Å². The first-order valence-electron chi connectivity index (χ1n) is 6.14. The Labute approximate surface area is 117 Å². The van der Waals surface area contributed by atoms with Gasteiger partial charge in [0.1, 0.15) is 12.4 Å². The molecule has 0 unspecified atom stereocenters. The number of aliphatic hydroxyl groups excluding tert-OH is 1. The van der Waals surface area contributed by atoms with Crippen LogP contribution in [0.1, 0.15) is 11.1 Å². The minimum Gasteiger partial charge on any atom is -0.495 e. The molecule has 0 amide bonds. The second kappa shape index (κ2) is 6.13. The molecule has 5 heteroatoms. The summed E-state index contributed by atoms with van der Waals surface area (Å²) >= 11 is 0. The van der Waals surface area contributed by atoms with Gasteiger partial charge in [0.15, 0.2) is 0 Å². The number of benzene rings is 1. The molecule has 0 saturated carbocycles. The van der Waals surface area contributed by atoms with Gasteiger partial charge < -0.3 is 14.4 Å². The molecule has 0 fully saturated rings. The summed E-state index contributed by atoms with van der Waals surface area (Å²) in [4.78, 5) is 11.8. The molecular formula is C15H16N2O3. The Hall–Kier alpha value is -2.45. The smallest absolute Gasteiger partial charge is 0.328 e. The van der Waals surface area contributed by atoms with Gasteiger partial charge in [-0.2, -0.15) is 0 Å². The quantitative estimate of drug-likeness (QED) is 0.832. The van der Waals surface area contributed by atoms with Crippen molar-refractivity contribution in [3.63, 3.8) is 0 Å². The van der Waals surface area contributed by atoms with E-state index in [1.165, 1.54) is 4.57 Å². The lowest BCUT2D eigenvalue weighted by Crippen LogP contribution is -2.22. The third-order valence-electron chi connectivity index (χ3n) is 2.94. The van der Waals surface area contributed by atoms with Crippen LogP contribution in [-0.2, 0) is 13.6 Å². The average molecular weight is 272 g/mol. The number of aliphatic hydroxyl groups is 1. The van der Waals surface area contributed by atoms with Crippen molar-refractivity contribution in [1.82, 2.24) is 9.13 Å². The van der Waals surface area contributed by atoms with Gasteiger partial charge in [0.2, 0.25) is 0 Å². The van der Waals surface area contributed by atoms with Gasteiger partial charge in [0, 0.05) is 19.4 Å². The molecule has 1 N–H and O–H groups in total. The van der Waals surface area contributed by atoms with Crippen LogP contribution in [0.4, 0.5) is 0 Å². The summed E-state index contributed by atoms with van der Waals surface area (Å²) in [5.74, 6) is 6.09. The molecule has 0 aliphatic carbocycles. The van der Waals surface area contributed by atoms with Gasteiger partial charge in [-0.15, -0.1) is 0 Å². The zero-order valence-electron chi connectivity index (χ0n) is 11.5. The Morgan fingerprint density at radius 1 is 1.35 bits per heavy atom. The highest BCUT2D eigenvalue weighted by Gasteiger charge is 2.05. The number of methoxy groups -OCH3 is 1. The highest BCUT2D eigenvalue weighted by molar-refractivity contribution is 5.48. The molecule has 0 saturated heterocycles. The Kier molecular flexibility index (Phi) is 4.28. The van der Waals surface area contributed by atoms with E-state index in [1.807, 2.05) is 18.2 Å². The van der Waals surface area contributed by atoms with Crippen molar-refractivity contribution < 1.29 is 9.84 Å². The van der Waals surface area contributed by atoms with Gasteiger partial charge in [-0.05, 0) is 17.7 Å². The monoisotopic (exact) mass is 272 g/mol. The van der Waals surface area contributed by atoms with Gasteiger partial charge in [-0.1, -0.05) is 17.9 Å². The Morgan fingerprint density at radius 2 is 2.15 bits per heavy atom. The van der Waals surface area contributed by atoms with Crippen molar-refractivity contribution in [2.45, 2.75) is 6.54 Å². The number of hydrogen-bond donors (Lipinski definition) is 1. The predicted molar refractivity (Wildman–Crippen MR) is 75.7 cm³/mol. The van der Waals surface area contributed by atoms with E-state index in [2.05, 4.69) is 11.8 Å². The molecule has 0 aliphatic heterocycles. The lowest BCUT2D eigenvalue weighted by molar-refractivity contribution is 0.350. The molecular weight excluding hydrogens is 256 g/mol. The topological polar surface area (TPSA) is 56.4 Å². The molecule has 2 aromatic rings. The van der Waals surface area contributed by atoms with Gasteiger partial charge in [0.05, 0.1) is 19.2 Å². The number of rotatable bonds is 3. The lowest BCUT2D eigenvalue weighted by atomic mass is 10.1. The Morgan fingerprint density at radius 3 is 2.75 bits per heavy atom. The third kappa shape index (κ3) is 2.92. The minimum absolute atomic E-state index is 0.0659. The fourth-order valence-corrected chi connectivity index (χ4v) is 1.91. The van der Waals surface area contributed by atoms with Crippen molar-refractivity contribution in [3.8, 4) is 17.6 Å². The molecule has 2 rings (SSSR count). The van der Waals surface area contributed by atoms with Crippen LogP contribution in [0.25, 0.3) is 0 Å². The fourth-order valence-electron chi connectivity index (χ4n) is 1.91. The number of ether oxygens (including phenoxy) is 1. The lowest BCUT2D eigenvalue weighted by Gasteiger charge is -2.07. The van der Waals surface area contributed by atoms with Crippen molar-refractivity contribution in [1.29, 1.82) is 0 Å². The largest absolute Gasteiger partial charge is 0.495 e. The van der Waals surface area contributed by atoms with E-state index in [1.54, 1.807) is 31.1 Å². The zero-order valence-corrected chi connectivity index (χ0v) is 11.5. The molecule has 104 valence electrons. The number of aromatic nitrogens is 2. The molecule has 0 aliphatic rings. The Balaban J connectivity index is 2.33. The first-order chi connectivity index (χ1) is 9.65. The van der Waals surface area contributed by atoms with Gasteiger partial charge >= 0.3 is 5.69 Å². The summed E-state index contributed by atoms with van der Waals surface area (Å²) in [6.07, 6.45) is 3.46. The normalized spacial score (nSPS) is 9.95. The summed E-state index contributed by atoms with van der Waals surface area (Å²) in [5, 5.41) is 8.77. The van der Waals surface area contributed by atoms with Gasteiger partial charge in [0.25, 0.3) is 0 Å². The third-order valence-corrected chi connectivity index (χ3v) is 2.94. The van der Waals surface area contributed by atoms with E-state index in [-0.39, 0.29) is 12.3 Å². The second-order valence-corrected chi connectivity index (χ2v) is 4.31. The predicted octanol–water partition coefficient (Wildman–Crippen LogP) is 0.587. The number of imidazole rings is 1. The van der Waals surface area contributed by atoms with Crippen LogP contribution in [0.15, 0.2) is 35.4 Å². The van der Waals surface area contributed by atoms with Crippen LogP contribution in [0.2, 0.25) is 0 Å². The number of nitrogens with zero attached hydrogens (tertiary/aromatic N) is 2. The molecule has 0 spiro atoms. The zero-order chi connectivity index (χ0) is 14.5. The van der Waals surface area contributed by atoms with Crippen LogP contribution in [0.5, 0.6) is 5.75 Å². The molecule has 1 heterocycles. The van der Waals surface area contributed by atoms with Crippen molar-refractivity contribution in [2.75, 3.05) is 13.7 Å². The first kappa shape index (κ1) is 14.0. The van der Waals surface area contributed by atoms with Crippen LogP contribution in [0, 0.1) is 11.8 Å². The summed E-state index contributed by atoms with van der Waals surface area (Å²) in [5.41, 5.74) is 1.58. The summed E-state index contributed by atoms with van der Waals surface area (Å²) in [6, 6.07) is 5.56. The highest BCUT2D eigenvalue weighted by atomic mass is 16.5. The van der Waals surface area contributed by atoms with Crippen molar-refractivity contribution in [2.24, 2.45) is 7.05 Å². The summed E-state index contributed by atoms with van der Waals surface area (Å²) in [6.45, 7) is 0.267. The summed E-state index contributed by atoms with van der Waals surface area (Å²) in [7, 11) is 3.28. The van der Waals surface area contributed by atoms with Gasteiger partial charge in [-0.25, -0.2) is 4.79 Å². The van der Waals surface area contributed by atoms with Gasteiger partial charge in [-0.3, -0.25) is 4.57 Å². The second-order valence-electron chi connectivity index (χ2n) is 4.31. The maximum absolute atomic E-state index is 11.8. The van der Waals surface area contributed by atoms with Crippen LogP contribution in [-0.4, -0.2) is 28.0 Å². The number of hydrogen-bond acceptors (Lipinski definition) is 3. The highest BCUT2D eigenvalue weighted by Crippen LogP contribution is 2.19.